The summed E-state index contributed by atoms with van der Waals surface area (Å²) in [4.78, 5) is 36.3. The van der Waals surface area contributed by atoms with Crippen molar-refractivity contribution >= 4 is 34.2 Å². The van der Waals surface area contributed by atoms with Gasteiger partial charge in [0.2, 0.25) is 0 Å². The van der Waals surface area contributed by atoms with Crippen molar-refractivity contribution in [3.8, 4) is 0 Å². The Kier molecular flexibility index (Phi) is 5.18. The molecule has 1 aromatic rings. The second-order valence-corrected chi connectivity index (χ2v) is 6.33. The molecule has 0 radical (unpaired) electrons. The van der Waals surface area contributed by atoms with Crippen LogP contribution in [0, 0.1) is 5.92 Å². The van der Waals surface area contributed by atoms with Gasteiger partial charge in [-0.3, -0.25) is 4.79 Å². The van der Waals surface area contributed by atoms with E-state index in [4.69, 9.17) is 4.74 Å². The zero-order valence-corrected chi connectivity index (χ0v) is 13.7. The number of carbonyl (C=O) groups is 3. The van der Waals surface area contributed by atoms with Crippen LogP contribution < -0.4 is 5.32 Å². The number of amides is 1. The number of esters is 2. The monoisotopic (exact) mass is 325 g/mol. The van der Waals surface area contributed by atoms with Crippen LogP contribution in [0.2, 0.25) is 0 Å². The van der Waals surface area contributed by atoms with Gasteiger partial charge in [-0.15, -0.1) is 11.3 Å². The van der Waals surface area contributed by atoms with E-state index in [-0.39, 0.29) is 6.61 Å². The van der Waals surface area contributed by atoms with E-state index >= 15 is 0 Å². The van der Waals surface area contributed by atoms with Crippen LogP contribution >= 0.6 is 11.3 Å². The predicted octanol–water partition coefficient (Wildman–Crippen LogP) is 2.16. The fourth-order valence-corrected chi connectivity index (χ4v) is 3.90. The van der Waals surface area contributed by atoms with E-state index in [1.807, 2.05) is 0 Å². The lowest BCUT2D eigenvalue weighted by Crippen LogP contribution is -2.24. The normalized spacial score (nSPS) is 16.6. The molecular formula is C15H19NO5S. The molecule has 1 heterocycles. The SMILES string of the molecule is CCOC(=O)c1c(NC(=O)C(=O)OC)sc2c1CC[C@@H](C)C2. The van der Waals surface area contributed by atoms with Crippen molar-refractivity contribution in [1.82, 2.24) is 0 Å². The molecule has 0 fully saturated rings. The van der Waals surface area contributed by atoms with Gasteiger partial charge >= 0.3 is 17.8 Å². The minimum Gasteiger partial charge on any atom is -0.462 e. The highest BCUT2D eigenvalue weighted by molar-refractivity contribution is 7.17. The summed E-state index contributed by atoms with van der Waals surface area (Å²) in [5.41, 5.74) is 1.31. The molecule has 0 aromatic carbocycles. The summed E-state index contributed by atoms with van der Waals surface area (Å²) < 4.78 is 9.48. The van der Waals surface area contributed by atoms with Crippen LogP contribution in [0.3, 0.4) is 0 Å². The molecule has 1 atom stereocenters. The zero-order valence-electron chi connectivity index (χ0n) is 12.9. The maximum Gasteiger partial charge on any atom is 0.396 e. The predicted molar refractivity (Wildman–Crippen MR) is 82.1 cm³/mol. The third-order valence-electron chi connectivity index (χ3n) is 3.59. The molecule has 7 heteroatoms. The highest BCUT2D eigenvalue weighted by atomic mass is 32.1. The Labute approximate surface area is 132 Å². The van der Waals surface area contributed by atoms with E-state index in [0.717, 1.165) is 36.8 Å². The third kappa shape index (κ3) is 3.30. The summed E-state index contributed by atoms with van der Waals surface area (Å²) in [6.07, 6.45) is 2.62. The first-order chi connectivity index (χ1) is 10.5. The van der Waals surface area contributed by atoms with E-state index in [0.29, 0.717) is 16.5 Å². The van der Waals surface area contributed by atoms with Crippen LogP contribution in [0.4, 0.5) is 5.00 Å². The maximum absolute atomic E-state index is 12.2. The fourth-order valence-electron chi connectivity index (χ4n) is 2.50. The molecule has 1 amide bonds. The quantitative estimate of drug-likeness (QED) is 0.680. The second-order valence-electron chi connectivity index (χ2n) is 5.22. The number of fused-ring (bicyclic) bond motifs is 1. The molecule has 1 aliphatic rings. The van der Waals surface area contributed by atoms with Crippen molar-refractivity contribution < 1.29 is 23.9 Å². The van der Waals surface area contributed by atoms with Crippen LogP contribution in [0.5, 0.6) is 0 Å². The van der Waals surface area contributed by atoms with Crippen LogP contribution in [-0.4, -0.2) is 31.6 Å². The lowest BCUT2D eigenvalue weighted by molar-refractivity contribution is -0.150. The summed E-state index contributed by atoms with van der Waals surface area (Å²) in [5, 5.41) is 2.85. The number of rotatable bonds is 3. The molecule has 0 aliphatic heterocycles. The first-order valence-electron chi connectivity index (χ1n) is 7.18. The Balaban J connectivity index is 2.37. The molecule has 0 saturated carbocycles. The first kappa shape index (κ1) is 16.5. The molecule has 6 nitrogen and oxygen atoms in total. The minimum atomic E-state index is -0.991. The number of anilines is 1. The third-order valence-corrected chi connectivity index (χ3v) is 4.76. The molecule has 0 spiro atoms. The number of carbonyl (C=O) groups excluding carboxylic acids is 3. The van der Waals surface area contributed by atoms with Gasteiger partial charge in [0.1, 0.15) is 5.00 Å². The number of hydrogen-bond donors (Lipinski definition) is 1. The summed E-state index contributed by atoms with van der Waals surface area (Å²) in [6.45, 7) is 4.13. The number of methoxy groups -OCH3 is 1. The van der Waals surface area contributed by atoms with Crippen molar-refractivity contribution in [3.63, 3.8) is 0 Å². The second kappa shape index (κ2) is 6.91. The topological polar surface area (TPSA) is 81.7 Å². The number of ether oxygens (including phenoxy) is 2. The van der Waals surface area contributed by atoms with Crippen LogP contribution in [0.25, 0.3) is 0 Å². The summed E-state index contributed by atoms with van der Waals surface area (Å²) >= 11 is 1.34. The molecule has 0 bridgehead atoms. The summed E-state index contributed by atoms with van der Waals surface area (Å²) in [7, 11) is 1.13. The van der Waals surface area contributed by atoms with Gasteiger partial charge in [-0.2, -0.15) is 0 Å². The molecule has 0 saturated heterocycles. The van der Waals surface area contributed by atoms with Gasteiger partial charge in [0.15, 0.2) is 0 Å². The average Bonchev–Trinajstić information content (AvgIpc) is 2.83. The maximum atomic E-state index is 12.2. The smallest absolute Gasteiger partial charge is 0.396 e. The average molecular weight is 325 g/mol. The van der Waals surface area contributed by atoms with Crippen molar-refractivity contribution in [2.45, 2.75) is 33.1 Å². The molecule has 22 heavy (non-hydrogen) atoms. The lowest BCUT2D eigenvalue weighted by atomic mass is 9.88. The summed E-state index contributed by atoms with van der Waals surface area (Å²) in [5.74, 6) is -1.81. The Bertz CT molecular complexity index is 607. The van der Waals surface area contributed by atoms with Crippen molar-refractivity contribution in [2.24, 2.45) is 5.92 Å². The van der Waals surface area contributed by atoms with E-state index in [1.165, 1.54) is 11.3 Å². The van der Waals surface area contributed by atoms with Crippen LogP contribution in [0.1, 0.15) is 41.1 Å². The van der Waals surface area contributed by atoms with Crippen molar-refractivity contribution in [3.05, 3.63) is 16.0 Å². The van der Waals surface area contributed by atoms with Crippen molar-refractivity contribution in [2.75, 3.05) is 19.0 Å². The molecule has 120 valence electrons. The molecule has 0 unspecified atom stereocenters. The molecular weight excluding hydrogens is 306 g/mol. The van der Waals surface area contributed by atoms with Gasteiger partial charge in [0.05, 0.1) is 19.3 Å². The zero-order chi connectivity index (χ0) is 16.3. The lowest BCUT2D eigenvalue weighted by Gasteiger charge is -2.18. The molecule has 1 aromatic heterocycles. The van der Waals surface area contributed by atoms with E-state index in [1.54, 1.807) is 6.92 Å². The highest BCUT2D eigenvalue weighted by Crippen LogP contribution is 2.40. The number of hydrogen-bond acceptors (Lipinski definition) is 6. The molecule has 1 N–H and O–H groups in total. The Morgan fingerprint density at radius 3 is 2.73 bits per heavy atom. The van der Waals surface area contributed by atoms with E-state index in [2.05, 4.69) is 17.0 Å². The van der Waals surface area contributed by atoms with Gasteiger partial charge in [0.25, 0.3) is 0 Å². The van der Waals surface area contributed by atoms with Gasteiger partial charge in [0, 0.05) is 4.88 Å². The van der Waals surface area contributed by atoms with Gasteiger partial charge in [-0.1, -0.05) is 6.92 Å². The Hall–Kier alpha value is -1.89. The van der Waals surface area contributed by atoms with Crippen LogP contribution in [0.15, 0.2) is 0 Å². The fraction of sp³-hybridized carbons (Fsp3) is 0.533. The van der Waals surface area contributed by atoms with Crippen molar-refractivity contribution in [1.29, 1.82) is 0 Å². The number of thiophene rings is 1. The Morgan fingerprint density at radius 1 is 1.36 bits per heavy atom. The minimum absolute atomic E-state index is 0.254. The van der Waals surface area contributed by atoms with E-state index in [9.17, 15) is 14.4 Å². The summed E-state index contributed by atoms with van der Waals surface area (Å²) in [6, 6.07) is 0. The van der Waals surface area contributed by atoms with Gasteiger partial charge in [-0.25, -0.2) is 9.59 Å². The molecule has 2 rings (SSSR count). The van der Waals surface area contributed by atoms with Gasteiger partial charge < -0.3 is 14.8 Å². The highest BCUT2D eigenvalue weighted by Gasteiger charge is 2.30. The molecule has 1 aliphatic carbocycles. The Morgan fingerprint density at radius 2 is 2.09 bits per heavy atom. The van der Waals surface area contributed by atoms with Gasteiger partial charge in [-0.05, 0) is 37.7 Å². The first-order valence-corrected chi connectivity index (χ1v) is 8.00. The number of nitrogens with one attached hydrogen (secondary N) is 1. The van der Waals surface area contributed by atoms with E-state index < -0.39 is 17.8 Å². The largest absolute Gasteiger partial charge is 0.462 e. The standard InChI is InChI=1S/C15H19NO5S/c1-4-21-14(18)11-9-6-5-8(2)7-10(9)22-13(11)16-12(17)15(19)20-3/h8H,4-7H2,1-3H3,(H,16,17)/t8-/m1/s1. The van der Waals surface area contributed by atoms with Crippen LogP contribution in [-0.2, 0) is 31.9 Å².